The van der Waals surface area contributed by atoms with Gasteiger partial charge < -0.3 is 0 Å². The van der Waals surface area contributed by atoms with Gasteiger partial charge in [-0.15, -0.1) is 11.3 Å². The minimum atomic E-state index is -3.66. The minimum absolute atomic E-state index is 0.0916. The molecule has 0 bridgehead atoms. The van der Waals surface area contributed by atoms with Gasteiger partial charge in [-0.05, 0) is 25.0 Å². The Bertz CT molecular complexity index is 589. The zero-order chi connectivity index (χ0) is 13.8. The Morgan fingerprint density at radius 3 is 2.44 bits per heavy atom. The fraction of sp³-hybridized carbons (Fsp3) is 0.556. The maximum Gasteiger partial charge on any atom is 0.247 e. The summed E-state index contributed by atoms with van der Waals surface area (Å²) in [5.41, 5.74) is 0. The van der Waals surface area contributed by atoms with Crippen LogP contribution in [0.3, 0.4) is 0 Å². The summed E-state index contributed by atoms with van der Waals surface area (Å²) in [5, 5.41) is 4.98. The van der Waals surface area contributed by atoms with Crippen LogP contribution in [0.15, 0.2) is 16.3 Å². The van der Waals surface area contributed by atoms with Crippen LogP contribution in [0.25, 0.3) is 0 Å². The molecule has 1 aromatic heterocycles. The number of nitrogens with one attached hydrogen (secondary N) is 1. The molecule has 18 heavy (non-hydrogen) atoms. The van der Waals surface area contributed by atoms with Gasteiger partial charge in [0.25, 0.3) is 0 Å². The molecule has 1 heterocycles. The number of nitrogens with two attached hydrogens (primary N) is 1. The molecule has 1 aromatic rings. The average Bonchev–Trinajstić information content (AvgIpc) is 2.65. The molecule has 0 unspecified atom stereocenters. The highest BCUT2D eigenvalue weighted by Gasteiger charge is 2.12. The first-order valence-corrected chi connectivity index (χ1v) is 9.35. The van der Waals surface area contributed by atoms with Crippen molar-refractivity contribution in [2.75, 3.05) is 12.3 Å². The molecule has 0 spiro atoms. The Morgan fingerprint density at radius 2 is 1.94 bits per heavy atom. The Labute approximate surface area is 111 Å². The summed E-state index contributed by atoms with van der Waals surface area (Å²) < 4.78 is 47.4. The minimum Gasteiger partial charge on any atom is -0.224 e. The predicted molar refractivity (Wildman–Crippen MR) is 71.5 cm³/mol. The van der Waals surface area contributed by atoms with E-state index in [0.717, 1.165) is 16.2 Å². The van der Waals surface area contributed by atoms with Crippen LogP contribution in [0.1, 0.15) is 18.2 Å². The molecule has 0 saturated carbocycles. The van der Waals surface area contributed by atoms with Crippen LogP contribution >= 0.6 is 11.3 Å². The van der Waals surface area contributed by atoms with Gasteiger partial charge in [-0.25, -0.2) is 26.7 Å². The third kappa shape index (κ3) is 5.02. The second-order valence-electron chi connectivity index (χ2n) is 3.73. The highest BCUT2D eigenvalue weighted by molar-refractivity contribution is 7.91. The van der Waals surface area contributed by atoms with Crippen molar-refractivity contribution in [2.45, 2.75) is 24.0 Å². The van der Waals surface area contributed by atoms with Gasteiger partial charge in [0.05, 0.1) is 5.75 Å². The SMILES string of the molecule is CCCS(=O)(=O)NCCc1ccc(S(N)(=O)=O)s1. The van der Waals surface area contributed by atoms with Crippen molar-refractivity contribution in [3.8, 4) is 0 Å². The Morgan fingerprint density at radius 1 is 1.28 bits per heavy atom. The third-order valence-corrected chi connectivity index (χ3v) is 6.26. The molecule has 0 aliphatic heterocycles. The summed E-state index contributed by atoms with van der Waals surface area (Å²) in [7, 11) is -6.88. The zero-order valence-corrected chi connectivity index (χ0v) is 12.4. The molecule has 3 N–H and O–H groups in total. The Balaban J connectivity index is 2.53. The van der Waals surface area contributed by atoms with Gasteiger partial charge >= 0.3 is 0 Å². The summed E-state index contributed by atoms with van der Waals surface area (Å²) in [6.45, 7) is 2.05. The molecule has 1 rings (SSSR count). The van der Waals surface area contributed by atoms with Crippen molar-refractivity contribution >= 4 is 31.4 Å². The van der Waals surface area contributed by atoms with E-state index in [2.05, 4.69) is 4.72 Å². The topological polar surface area (TPSA) is 106 Å². The fourth-order valence-electron chi connectivity index (χ4n) is 1.32. The summed E-state index contributed by atoms with van der Waals surface area (Å²) in [4.78, 5) is 0.776. The van der Waals surface area contributed by atoms with Crippen LogP contribution in [-0.4, -0.2) is 29.1 Å². The summed E-state index contributed by atoms with van der Waals surface area (Å²) >= 11 is 1.06. The monoisotopic (exact) mass is 312 g/mol. The molecule has 0 aliphatic carbocycles. The van der Waals surface area contributed by atoms with Gasteiger partial charge in [0.2, 0.25) is 20.0 Å². The largest absolute Gasteiger partial charge is 0.247 e. The van der Waals surface area contributed by atoms with Gasteiger partial charge in [0.15, 0.2) is 0 Å². The van der Waals surface area contributed by atoms with Gasteiger partial charge in [-0.3, -0.25) is 0 Å². The second kappa shape index (κ2) is 6.11. The van der Waals surface area contributed by atoms with Crippen LogP contribution in [0.2, 0.25) is 0 Å². The first-order chi connectivity index (χ1) is 8.24. The molecular formula is C9H16N2O4S3. The molecule has 6 nitrogen and oxygen atoms in total. The highest BCUT2D eigenvalue weighted by Crippen LogP contribution is 2.20. The summed E-state index contributed by atoms with van der Waals surface area (Å²) in [6.07, 6.45) is 1.01. The number of sulfonamides is 2. The normalized spacial score (nSPS) is 12.8. The second-order valence-corrected chi connectivity index (χ2v) is 8.61. The van der Waals surface area contributed by atoms with Crippen LogP contribution < -0.4 is 9.86 Å². The van der Waals surface area contributed by atoms with Crippen molar-refractivity contribution in [1.29, 1.82) is 0 Å². The van der Waals surface area contributed by atoms with Crippen LogP contribution in [0, 0.1) is 0 Å². The summed E-state index contributed by atoms with van der Waals surface area (Å²) in [5.74, 6) is 0.0971. The van der Waals surface area contributed by atoms with E-state index in [-0.39, 0.29) is 16.5 Å². The molecule has 0 aliphatic rings. The van der Waals surface area contributed by atoms with E-state index in [1.165, 1.54) is 6.07 Å². The lowest BCUT2D eigenvalue weighted by molar-refractivity contribution is 0.580. The quantitative estimate of drug-likeness (QED) is 0.753. The standard InChI is InChI=1S/C9H16N2O4S3/c1-2-7-17(12,13)11-6-5-8-3-4-9(16-8)18(10,14)15/h3-4,11H,2,5-7H2,1H3,(H2,10,14,15). The molecule has 0 saturated heterocycles. The van der Waals surface area contributed by atoms with Crippen molar-refractivity contribution in [3.63, 3.8) is 0 Å². The molecule has 0 amide bonds. The molecule has 0 fully saturated rings. The third-order valence-electron chi connectivity index (χ3n) is 2.08. The first kappa shape index (κ1) is 15.6. The molecule has 0 radical (unpaired) electrons. The number of rotatable bonds is 7. The van der Waals surface area contributed by atoms with Crippen LogP contribution in [0.5, 0.6) is 0 Å². The van der Waals surface area contributed by atoms with Crippen molar-refractivity contribution in [2.24, 2.45) is 5.14 Å². The molecule has 104 valence electrons. The average molecular weight is 312 g/mol. The predicted octanol–water partition coefficient (Wildman–Crippen LogP) is 0.267. The highest BCUT2D eigenvalue weighted by atomic mass is 32.2. The van der Waals surface area contributed by atoms with Gasteiger partial charge in [-0.1, -0.05) is 6.92 Å². The molecule has 0 atom stereocenters. The maximum absolute atomic E-state index is 11.4. The van der Waals surface area contributed by atoms with Crippen molar-refractivity contribution in [1.82, 2.24) is 4.72 Å². The first-order valence-electron chi connectivity index (χ1n) is 5.33. The fourth-order valence-corrected chi connectivity index (χ4v) is 4.19. The maximum atomic E-state index is 11.4. The smallest absolute Gasteiger partial charge is 0.224 e. The van der Waals surface area contributed by atoms with E-state index < -0.39 is 20.0 Å². The van der Waals surface area contributed by atoms with Crippen molar-refractivity contribution < 1.29 is 16.8 Å². The van der Waals surface area contributed by atoms with Crippen molar-refractivity contribution in [3.05, 3.63) is 17.0 Å². The van der Waals surface area contributed by atoms with Crippen LogP contribution in [-0.2, 0) is 26.5 Å². The van der Waals surface area contributed by atoms with E-state index in [4.69, 9.17) is 5.14 Å². The number of thiophene rings is 1. The van der Waals surface area contributed by atoms with E-state index in [0.29, 0.717) is 12.8 Å². The van der Waals surface area contributed by atoms with E-state index in [1.807, 2.05) is 0 Å². The van der Waals surface area contributed by atoms with Gasteiger partial charge in [-0.2, -0.15) is 0 Å². The number of primary sulfonamides is 1. The lowest BCUT2D eigenvalue weighted by atomic mass is 10.3. The number of hydrogen-bond acceptors (Lipinski definition) is 5. The van der Waals surface area contributed by atoms with E-state index in [1.54, 1.807) is 13.0 Å². The lowest BCUT2D eigenvalue weighted by Gasteiger charge is -2.03. The Hall–Kier alpha value is -0.480. The van der Waals surface area contributed by atoms with E-state index >= 15 is 0 Å². The summed E-state index contributed by atoms with van der Waals surface area (Å²) in [6, 6.07) is 3.06. The Kier molecular flexibility index (Phi) is 5.29. The lowest BCUT2D eigenvalue weighted by Crippen LogP contribution is -2.27. The number of hydrogen-bond donors (Lipinski definition) is 2. The van der Waals surface area contributed by atoms with Crippen LogP contribution in [0.4, 0.5) is 0 Å². The van der Waals surface area contributed by atoms with Gasteiger partial charge in [0, 0.05) is 11.4 Å². The molecule has 0 aromatic carbocycles. The van der Waals surface area contributed by atoms with Gasteiger partial charge in [0.1, 0.15) is 4.21 Å². The molecule has 9 heteroatoms. The molecular weight excluding hydrogens is 296 g/mol. The zero-order valence-electron chi connectivity index (χ0n) is 9.92. The van der Waals surface area contributed by atoms with E-state index in [9.17, 15) is 16.8 Å².